The topological polar surface area (TPSA) is 127 Å². The number of fused-ring (bicyclic) bond motifs is 1. The number of hydrogen-bond donors (Lipinski definition) is 2. The van der Waals surface area contributed by atoms with E-state index in [-0.39, 0.29) is 23.6 Å². The molecule has 2 aromatic rings. The fourth-order valence-electron chi connectivity index (χ4n) is 6.56. The molecule has 10 nitrogen and oxygen atoms in total. The number of nitrogens with one attached hydrogen (secondary N) is 2. The first-order valence-electron chi connectivity index (χ1n) is 16.8. The average Bonchev–Trinajstić information content (AvgIpc) is 3.65. The maximum absolute atomic E-state index is 13.1. The number of alkyl halides is 1. The minimum absolute atomic E-state index is 0.00168. The molecule has 0 spiro atoms. The summed E-state index contributed by atoms with van der Waals surface area (Å²) in [6.07, 6.45) is 10.4. The fourth-order valence-corrected chi connectivity index (χ4v) is 6.56. The Hall–Kier alpha value is -3.54. The Morgan fingerprint density at radius 3 is 2.45 bits per heavy atom. The summed E-state index contributed by atoms with van der Waals surface area (Å²) in [7, 11) is 2.02. The van der Waals surface area contributed by atoms with E-state index < -0.39 is 30.4 Å². The third-order valence-electron chi connectivity index (χ3n) is 9.03. The second-order valence-corrected chi connectivity index (χ2v) is 13.7. The lowest BCUT2D eigenvalue weighted by atomic mass is 9.76. The maximum atomic E-state index is 13.1. The molecule has 2 N–H and O–H groups in total. The highest BCUT2D eigenvalue weighted by Crippen LogP contribution is 2.39. The number of rotatable bonds is 12. The molecule has 1 aliphatic carbocycles. The highest BCUT2D eigenvalue weighted by Gasteiger charge is 2.41. The number of carbonyl (C=O) groups is 4. The molecule has 4 atom stereocenters. The van der Waals surface area contributed by atoms with Crippen molar-refractivity contribution in [3.8, 4) is 0 Å². The number of likely N-dealkylation sites (N-methyl/N-ethyl adjacent to an activating group) is 1. The quantitative estimate of drug-likeness (QED) is 0.223. The monoisotopic (exact) mass is 663 g/mol. The van der Waals surface area contributed by atoms with Crippen LogP contribution in [0.25, 0.3) is 11.0 Å². The Kier molecular flexibility index (Phi) is 14.6. The first kappa shape index (κ1) is 37.9. The second kappa shape index (κ2) is 18.1. The van der Waals surface area contributed by atoms with E-state index in [4.69, 9.17) is 9.15 Å². The molecule has 4 unspecified atom stereocenters. The van der Waals surface area contributed by atoms with Gasteiger partial charge in [-0.25, -0.2) is 18.9 Å². The first-order chi connectivity index (χ1) is 22.4. The molecular weight excluding hydrogens is 612 g/mol. The molecule has 2 heterocycles. The van der Waals surface area contributed by atoms with Gasteiger partial charge in [0.1, 0.15) is 24.1 Å². The third-order valence-corrected chi connectivity index (χ3v) is 9.03. The molecule has 2 aliphatic rings. The van der Waals surface area contributed by atoms with E-state index in [1.165, 1.54) is 38.2 Å². The van der Waals surface area contributed by atoms with E-state index in [9.17, 15) is 28.1 Å². The number of hydrogen-bond acceptors (Lipinski definition) is 8. The Bertz CT molecular complexity index is 1320. The van der Waals surface area contributed by atoms with Crippen LogP contribution in [0, 0.1) is 17.8 Å². The number of benzene rings is 1. The highest BCUT2D eigenvalue weighted by atomic mass is 19.3. The normalized spacial score (nSPS) is 20.1. The SMILES string of the molecule is CCC(C=O)CCCC(CF)NC(=O)OC(C)(C)C.CN1CCC(C2CCCCC2)C1C(=O)Nc1ccc2oc(C(=O)OF)cc2c1. The van der Waals surface area contributed by atoms with Gasteiger partial charge in [0.15, 0.2) is 0 Å². The van der Waals surface area contributed by atoms with Crippen molar-refractivity contribution >= 4 is 40.9 Å². The molecule has 4 rings (SSSR count). The number of amides is 2. The van der Waals surface area contributed by atoms with Gasteiger partial charge in [-0.3, -0.25) is 9.69 Å². The van der Waals surface area contributed by atoms with E-state index in [0.29, 0.717) is 41.3 Å². The summed E-state index contributed by atoms with van der Waals surface area (Å²) in [5, 5.41) is 6.12. The Morgan fingerprint density at radius 2 is 1.83 bits per heavy atom. The summed E-state index contributed by atoms with van der Waals surface area (Å²) in [5.74, 6) is -0.337. The third kappa shape index (κ3) is 11.6. The minimum atomic E-state index is -1.18. The van der Waals surface area contributed by atoms with Crippen LogP contribution in [0.3, 0.4) is 0 Å². The number of likely N-dealkylation sites (tertiary alicyclic amines) is 1. The van der Waals surface area contributed by atoms with Crippen LogP contribution in [-0.4, -0.2) is 67.1 Å². The number of halogens is 2. The van der Waals surface area contributed by atoms with E-state index in [0.717, 1.165) is 32.1 Å². The number of nitrogens with zero attached hydrogens (tertiary/aromatic N) is 1. The zero-order valence-electron chi connectivity index (χ0n) is 28.3. The van der Waals surface area contributed by atoms with E-state index in [2.05, 4.69) is 20.5 Å². The van der Waals surface area contributed by atoms with Gasteiger partial charge in [-0.15, -0.1) is 0 Å². The zero-order chi connectivity index (χ0) is 34.6. The van der Waals surface area contributed by atoms with Gasteiger partial charge in [0.2, 0.25) is 11.7 Å². The van der Waals surface area contributed by atoms with Crippen LogP contribution in [0.15, 0.2) is 28.7 Å². The number of carbonyl (C=O) groups excluding carboxylic acids is 4. The fraction of sp³-hybridized carbons (Fsp3) is 0.657. The van der Waals surface area contributed by atoms with E-state index in [1.54, 1.807) is 39.0 Å². The molecule has 262 valence electrons. The molecule has 1 aromatic carbocycles. The minimum Gasteiger partial charge on any atom is -0.449 e. The number of alkyl carbamates (subject to hydrolysis) is 1. The molecule has 1 saturated heterocycles. The molecule has 12 heteroatoms. The van der Waals surface area contributed by atoms with Gasteiger partial charge in [-0.05, 0) is 96.1 Å². The second-order valence-electron chi connectivity index (χ2n) is 13.7. The first-order valence-corrected chi connectivity index (χ1v) is 16.8. The van der Waals surface area contributed by atoms with Crippen molar-refractivity contribution in [3.05, 3.63) is 30.0 Å². The van der Waals surface area contributed by atoms with Crippen molar-refractivity contribution in [1.29, 1.82) is 0 Å². The number of anilines is 1. The summed E-state index contributed by atoms with van der Waals surface area (Å²) in [6.45, 7) is 7.53. The van der Waals surface area contributed by atoms with Crippen molar-refractivity contribution in [2.75, 3.05) is 25.6 Å². The molecule has 1 aromatic heterocycles. The van der Waals surface area contributed by atoms with Gasteiger partial charge in [-0.2, -0.15) is 0 Å². The van der Waals surface area contributed by atoms with Crippen LogP contribution in [0.5, 0.6) is 0 Å². The molecule has 2 fully saturated rings. The lowest BCUT2D eigenvalue weighted by Crippen LogP contribution is -2.43. The smallest absolute Gasteiger partial charge is 0.414 e. The largest absolute Gasteiger partial charge is 0.449 e. The lowest BCUT2D eigenvalue weighted by Gasteiger charge is -2.32. The van der Waals surface area contributed by atoms with Gasteiger partial charge in [0, 0.05) is 21.5 Å². The Morgan fingerprint density at radius 1 is 1.11 bits per heavy atom. The molecule has 2 amide bonds. The number of ether oxygens (including phenoxy) is 1. The summed E-state index contributed by atoms with van der Waals surface area (Å²) >= 11 is 0. The maximum Gasteiger partial charge on any atom is 0.414 e. The van der Waals surface area contributed by atoms with Crippen LogP contribution < -0.4 is 10.6 Å². The molecule has 47 heavy (non-hydrogen) atoms. The zero-order valence-corrected chi connectivity index (χ0v) is 28.3. The van der Waals surface area contributed by atoms with Crippen molar-refractivity contribution < 1.29 is 42.2 Å². The predicted molar refractivity (Wildman–Crippen MR) is 175 cm³/mol. The van der Waals surface area contributed by atoms with Crippen molar-refractivity contribution in [2.24, 2.45) is 17.8 Å². The van der Waals surface area contributed by atoms with Gasteiger partial charge >= 0.3 is 12.1 Å². The average molecular weight is 664 g/mol. The van der Waals surface area contributed by atoms with Crippen LogP contribution in [0.2, 0.25) is 0 Å². The van der Waals surface area contributed by atoms with Crippen LogP contribution >= 0.6 is 0 Å². The van der Waals surface area contributed by atoms with E-state index in [1.807, 2.05) is 14.0 Å². The summed E-state index contributed by atoms with van der Waals surface area (Å²) in [6, 6.07) is 5.82. The van der Waals surface area contributed by atoms with Crippen LogP contribution in [0.4, 0.5) is 19.4 Å². The molecule has 0 bridgehead atoms. The van der Waals surface area contributed by atoms with Gasteiger partial charge in [-0.1, -0.05) is 45.4 Å². The van der Waals surface area contributed by atoms with Crippen LogP contribution in [0.1, 0.15) is 102 Å². The Balaban J connectivity index is 0.000000279. The molecular formula is C35H51F2N3O7. The summed E-state index contributed by atoms with van der Waals surface area (Å²) in [4.78, 5) is 51.8. The van der Waals surface area contributed by atoms with Gasteiger partial charge in [0.25, 0.3) is 0 Å². The molecule has 0 radical (unpaired) electrons. The van der Waals surface area contributed by atoms with Crippen molar-refractivity contribution in [3.63, 3.8) is 0 Å². The number of aldehydes is 1. The van der Waals surface area contributed by atoms with Crippen molar-refractivity contribution in [1.82, 2.24) is 10.2 Å². The summed E-state index contributed by atoms with van der Waals surface area (Å²) in [5.41, 5.74) is 0.466. The number of furan rings is 1. The highest BCUT2D eigenvalue weighted by molar-refractivity contribution is 5.98. The molecule has 1 saturated carbocycles. The standard InChI is InChI=1S/C21H25FN2O4.C14H26FNO3/c1-24-10-9-16(13-5-3-2-4-6-13)19(24)20(25)23-15-7-8-17-14(11-15)12-18(27-17)21(26)28-22;1-5-11(10-17)7-6-8-12(9-15)16-13(18)19-14(2,3)4/h7-8,11-13,16,19H,2-6,9-10H2,1H3,(H,23,25);10-12H,5-9H2,1-4H3,(H,16,18). The summed E-state index contributed by atoms with van der Waals surface area (Å²) < 4.78 is 35.2. The molecule has 1 aliphatic heterocycles. The Labute approximate surface area is 276 Å². The van der Waals surface area contributed by atoms with E-state index >= 15 is 0 Å². The van der Waals surface area contributed by atoms with Gasteiger partial charge in [0.05, 0.1) is 12.1 Å². The lowest BCUT2D eigenvalue weighted by molar-refractivity contribution is -0.121. The predicted octanol–water partition coefficient (Wildman–Crippen LogP) is 7.56. The van der Waals surface area contributed by atoms with Crippen molar-refractivity contribution in [2.45, 2.75) is 110 Å². The van der Waals surface area contributed by atoms with Gasteiger partial charge < -0.3 is 24.6 Å². The van der Waals surface area contributed by atoms with Crippen LogP contribution in [-0.2, 0) is 19.3 Å².